The summed E-state index contributed by atoms with van der Waals surface area (Å²) in [6, 6.07) is 16.3. The predicted octanol–water partition coefficient (Wildman–Crippen LogP) is 4.70. The lowest BCUT2D eigenvalue weighted by atomic mass is 10.1. The smallest absolute Gasteiger partial charge is 0.335 e. The predicted molar refractivity (Wildman–Crippen MR) is 125 cm³/mol. The van der Waals surface area contributed by atoms with Crippen molar-refractivity contribution >= 4 is 45.5 Å². The lowest BCUT2D eigenvalue weighted by Gasteiger charge is -2.14. The van der Waals surface area contributed by atoms with Crippen LogP contribution in [-0.4, -0.2) is 30.0 Å². The highest BCUT2D eigenvalue weighted by atomic mass is 79.9. The average molecular weight is 513 g/mol. The van der Waals surface area contributed by atoms with Crippen molar-refractivity contribution in [1.29, 1.82) is 0 Å². The highest BCUT2D eigenvalue weighted by Crippen LogP contribution is 2.26. The van der Waals surface area contributed by atoms with E-state index in [4.69, 9.17) is 4.74 Å². The van der Waals surface area contributed by atoms with Gasteiger partial charge in [-0.05, 0) is 58.4 Å². The zero-order valence-electron chi connectivity index (χ0n) is 17.3. The van der Waals surface area contributed by atoms with Gasteiger partial charge in [0.1, 0.15) is 17.3 Å². The number of aromatic carboxylic acids is 1. The lowest BCUT2D eigenvalue weighted by Crippen LogP contribution is -2.31. The summed E-state index contributed by atoms with van der Waals surface area (Å²) in [5.41, 5.74) is 0.0557. The van der Waals surface area contributed by atoms with Crippen LogP contribution in [0.5, 0.6) is 5.75 Å². The Morgan fingerprint density at radius 1 is 1.03 bits per heavy atom. The van der Waals surface area contributed by atoms with E-state index in [0.29, 0.717) is 4.47 Å². The van der Waals surface area contributed by atoms with Crippen molar-refractivity contribution < 1.29 is 28.6 Å². The number of amides is 2. The maximum atomic E-state index is 14.2. The van der Waals surface area contributed by atoms with E-state index >= 15 is 0 Å². The Morgan fingerprint density at radius 2 is 1.73 bits per heavy atom. The highest BCUT2D eigenvalue weighted by Gasteiger charge is 2.19. The van der Waals surface area contributed by atoms with Gasteiger partial charge in [-0.15, -0.1) is 0 Å². The van der Waals surface area contributed by atoms with Gasteiger partial charge in [0.25, 0.3) is 11.8 Å². The van der Waals surface area contributed by atoms with Crippen LogP contribution in [0.15, 0.2) is 76.9 Å². The van der Waals surface area contributed by atoms with Crippen LogP contribution in [0.1, 0.15) is 26.3 Å². The van der Waals surface area contributed by atoms with Gasteiger partial charge >= 0.3 is 5.97 Å². The minimum absolute atomic E-state index is 0.0666. The molecule has 0 aromatic heterocycles. The number of hydrogen-bond donors (Lipinski definition) is 3. The second kappa shape index (κ2) is 10.6. The number of benzene rings is 3. The van der Waals surface area contributed by atoms with Crippen LogP contribution in [0.2, 0.25) is 0 Å². The average Bonchev–Trinajstić information content (AvgIpc) is 2.80. The monoisotopic (exact) mass is 512 g/mol. The third-order valence-corrected chi connectivity index (χ3v) is 5.20. The van der Waals surface area contributed by atoms with Crippen LogP contribution in [0, 0.1) is 5.82 Å². The third kappa shape index (κ3) is 5.83. The largest absolute Gasteiger partial charge is 0.495 e. The van der Waals surface area contributed by atoms with E-state index in [1.807, 2.05) is 0 Å². The zero-order valence-corrected chi connectivity index (χ0v) is 18.9. The van der Waals surface area contributed by atoms with Crippen LogP contribution in [0.3, 0.4) is 0 Å². The molecule has 0 spiro atoms. The number of anilines is 1. The van der Waals surface area contributed by atoms with Gasteiger partial charge in [-0.1, -0.05) is 30.3 Å². The summed E-state index contributed by atoms with van der Waals surface area (Å²) in [5, 5.41) is 14.3. The van der Waals surface area contributed by atoms with Gasteiger partial charge in [0.15, 0.2) is 0 Å². The summed E-state index contributed by atoms with van der Waals surface area (Å²) in [6.45, 7) is 0. The third-order valence-electron chi connectivity index (χ3n) is 4.51. The summed E-state index contributed by atoms with van der Waals surface area (Å²) in [7, 11) is 1.36. The van der Waals surface area contributed by atoms with Crippen molar-refractivity contribution in [2.75, 3.05) is 12.4 Å². The number of carbonyl (C=O) groups excluding carboxylic acids is 2. The minimum Gasteiger partial charge on any atom is -0.495 e. The summed E-state index contributed by atoms with van der Waals surface area (Å²) in [6.07, 6.45) is 1.19. The molecule has 0 radical (unpaired) electrons. The minimum atomic E-state index is -1.20. The molecule has 3 rings (SSSR count). The number of carbonyl (C=O) groups is 3. The van der Waals surface area contributed by atoms with Gasteiger partial charge in [-0.25, -0.2) is 9.18 Å². The highest BCUT2D eigenvalue weighted by molar-refractivity contribution is 9.10. The molecule has 0 aliphatic carbocycles. The second-order valence-electron chi connectivity index (χ2n) is 6.69. The fourth-order valence-corrected chi connectivity index (χ4v) is 3.33. The van der Waals surface area contributed by atoms with Crippen molar-refractivity contribution in [2.45, 2.75) is 0 Å². The number of methoxy groups -OCH3 is 1. The normalized spacial score (nSPS) is 10.9. The Bertz CT molecular complexity index is 1260. The molecule has 0 unspecified atom stereocenters. The molecule has 0 atom stereocenters. The SMILES string of the molecule is COc1ccc(C(=O)O)cc1NC(=O)C(=Cc1ccccc1F)NC(=O)c1ccccc1Br. The number of carboxylic acid groups (broad SMARTS) is 1. The summed E-state index contributed by atoms with van der Waals surface area (Å²) in [5.74, 6) is -3.00. The fraction of sp³-hybridized carbons (Fsp3) is 0.0417. The molecule has 0 aliphatic rings. The van der Waals surface area contributed by atoms with Crippen LogP contribution in [-0.2, 0) is 4.79 Å². The molecule has 33 heavy (non-hydrogen) atoms. The molecule has 0 fully saturated rings. The van der Waals surface area contributed by atoms with Crippen molar-refractivity contribution in [1.82, 2.24) is 5.32 Å². The van der Waals surface area contributed by atoms with E-state index in [9.17, 15) is 23.9 Å². The molecule has 0 aliphatic heterocycles. The molecule has 3 N–H and O–H groups in total. The van der Waals surface area contributed by atoms with Gasteiger partial charge in [-0.2, -0.15) is 0 Å². The lowest BCUT2D eigenvalue weighted by molar-refractivity contribution is -0.113. The van der Waals surface area contributed by atoms with Gasteiger partial charge in [-0.3, -0.25) is 9.59 Å². The first-order valence-electron chi connectivity index (χ1n) is 9.55. The van der Waals surface area contributed by atoms with E-state index in [-0.39, 0.29) is 33.8 Å². The first kappa shape index (κ1) is 23.7. The van der Waals surface area contributed by atoms with Crippen LogP contribution >= 0.6 is 15.9 Å². The zero-order chi connectivity index (χ0) is 24.0. The van der Waals surface area contributed by atoms with Crippen molar-refractivity contribution in [2.24, 2.45) is 0 Å². The van der Waals surface area contributed by atoms with E-state index in [2.05, 4.69) is 26.6 Å². The van der Waals surface area contributed by atoms with Crippen molar-refractivity contribution in [3.63, 3.8) is 0 Å². The molecule has 3 aromatic rings. The molecule has 2 amide bonds. The molecular weight excluding hydrogens is 495 g/mol. The van der Waals surface area contributed by atoms with E-state index in [1.165, 1.54) is 49.6 Å². The fourth-order valence-electron chi connectivity index (χ4n) is 2.87. The molecule has 0 bridgehead atoms. The molecule has 0 saturated heterocycles. The Labute approximate surface area is 197 Å². The van der Waals surface area contributed by atoms with Gasteiger partial charge in [0.2, 0.25) is 0 Å². The van der Waals surface area contributed by atoms with Crippen LogP contribution in [0.25, 0.3) is 6.08 Å². The van der Waals surface area contributed by atoms with Crippen molar-refractivity contribution in [3.8, 4) is 5.75 Å². The van der Waals surface area contributed by atoms with E-state index in [1.54, 1.807) is 30.3 Å². The molecule has 7 nitrogen and oxygen atoms in total. The Morgan fingerprint density at radius 3 is 2.39 bits per heavy atom. The number of ether oxygens (including phenoxy) is 1. The Balaban J connectivity index is 1.99. The number of rotatable bonds is 7. The molecular formula is C24H18BrFN2O5. The maximum absolute atomic E-state index is 14.2. The van der Waals surface area contributed by atoms with Crippen LogP contribution in [0.4, 0.5) is 10.1 Å². The van der Waals surface area contributed by atoms with Crippen molar-refractivity contribution in [3.05, 3.63) is 99.4 Å². The summed E-state index contributed by atoms with van der Waals surface area (Å²) >= 11 is 3.28. The number of hydrogen-bond acceptors (Lipinski definition) is 4. The molecule has 168 valence electrons. The van der Waals surface area contributed by atoms with E-state index < -0.39 is 23.6 Å². The van der Waals surface area contributed by atoms with E-state index in [0.717, 1.165) is 0 Å². The summed E-state index contributed by atoms with van der Waals surface area (Å²) in [4.78, 5) is 37.2. The molecule has 0 saturated carbocycles. The van der Waals surface area contributed by atoms with Gasteiger partial charge in [0.05, 0.1) is 23.9 Å². The first-order chi connectivity index (χ1) is 15.8. The maximum Gasteiger partial charge on any atom is 0.335 e. The number of nitrogens with one attached hydrogen (secondary N) is 2. The molecule has 9 heteroatoms. The van der Waals surface area contributed by atoms with Gasteiger partial charge < -0.3 is 20.5 Å². The molecule has 3 aromatic carbocycles. The van der Waals surface area contributed by atoms with Gasteiger partial charge in [0, 0.05) is 10.0 Å². The number of halogens is 2. The standard InChI is InChI=1S/C24H18BrFN2O5/c1-33-21-11-10-15(24(31)32)13-19(21)27-23(30)20(12-14-6-2-5-9-18(14)26)28-22(29)16-7-3-4-8-17(16)25/h2-13H,1H3,(H,27,30)(H,28,29)(H,31,32). The Kier molecular flexibility index (Phi) is 7.57. The first-order valence-corrected chi connectivity index (χ1v) is 10.3. The van der Waals surface area contributed by atoms with Crippen LogP contribution < -0.4 is 15.4 Å². The number of carboxylic acids is 1. The molecule has 0 heterocycles. The Hall–Kier alpha value is -3.98. The summed E-state index contributed by atoms with van der Waals surface area (Å²) < 4.78 is 19.9. The topological polar surface area (TPSA) is 105 Å². The second-order valence-corrected chi connectivity index (χ2v) is 7.54. The quantitative estimate of drug-likeness (QED) is 0.398.